The van der Waals surface area contributed by atoms with Crippen LogP contribution >= 0.6 is 0 Å². The van der Waals surface area contributed by atoms with Crippen LogP contribution in [-0.2, 0) is 4.74 Å². The molecule has 0 spiro atoms. The summed E-state index contributed by atoms with van der Waals surface area (Å²) in [5, 5.41) is 22.2. The number of aromatic nitrogens is 8. The second kappa shape index (κ2) is 8.99. The van der Waals surface area contributed by atoms with Crippen molar-refractivity contribution in [3.05, 3.63) is 60.7 Å². The highest BCUT2D eigenvalue weighted by molar-refractivity contribution is 5.78. The number of nitrogens with zero attached hydrogens (tertiary/aromatic N) is 8. The van der Waals surface area contributed by atoms with E-state index in [1.165, 1.54) is 0 Å². The smallest absolute Gasteiger partial charge is 0.160 e. The zero-order chi connectivity index (χ0) is 23.6. The Hall–Kier alpha value is -4.58. The van der Waals surface area contributed by atoms with Gasteiger partial charge in [0.1, 0.15) is 23.0 Å². The average Bonchev–Trinajstić information content (AvgIpc) is 3.52. The summed E-state index contributed by atoms with van der Waals surface area (Å²) in [4.78, 5) is 16.2. The molecule has 176 valence electrons. The molecule has 6 heterocycles. The molecule has 1 aliphatic heterocycles. The van der Waals surface area contributed by atoms with E-state index >= 15 is 0 Å². The van der Waals surface area contributed by atoms with Crippen molar-refractivity contribution < 1.29 is 4.74 Å². The first-order valence-electron chi connectivity index (χ1n) is 11.3. The molecule has 5 aromatic rings. The van der Waals surface area contributed by atoms with E-state index in [2.05, 4.69) is 40.9 Å². The Morgan fingerprint density at radius 2 is 1.83 bits per heavy atom. The molecule has 0 radical (unpaired) electrons. The molecule has 1 saturated heterocycles. The summed E-state index contributed by atoms with van der Waals surface area (Å²) in [6.45, 7) is 4.87. The summed E-state index contributed by atoms with van der Waals surface area (Å²) in [6.07, 6.45) is 3.70. The van der Waals surface area contributed by atoms with Gasteiger partial charge in [-0.1, -0.05) is 6.07 Å². The molecule has 1 fully saturated rings. The van der Waals surface area contributed by atoms with Crippen molar-refractivity contribution in [2.75, 3.05) is 41.8 Å². The van der Waals surface area contributed by atoms with E-state index in [1.807, 2.05) is 60.0 Å². The summed E-state index contributed by atoms with van der Waals surface area (Å²) in [5.41, 5.74) is 2.29. The minimum atomic E-state index is 0.596. The number of morpholine rings is 1. The molecule has 0 aliphatic carbocycles. The quantitative estimate of drug-likeness (QED) is 0.341. The van der Waals surface area contributed by atoms with Gasteiger partial charge in [0.2, 0.25) is 0 Å². The van der Waals surface area contributed by atoms with Gasteiger partial charge in [-0.3, -0.25) is 9.50 Å². The predicted octanol–water partition coefficient (Wildman–Crippen LogP) is 2.94. The highest BCUT2D eigenvalue weighted by Gasteiger charge is 2.18. The Balaban J connectivity index is 1.32. The molecule has 0 aromatic carbocycles. The zero-order valence-corrected chi connectivity index (χ0v) is 19.0. The number of ether oxygens (including phenoxy) is 1. The van der Waals surface area contributed by atoms with Crippen LogP contribution in [-0.4, -0.2) is 66.1 Å². The molecule has 5 aromatic heterocycles. The Morgan fingerprint density at radius 1 is 0.914 bits per heavy atom. The Labute approximate surface area is 200 Å². The van der Waals surface area contributed by atoms with Crippen LogP contribution in [0.5, 0.6) is 0 Å². The molecule has 12 heteroatoms. The average molecular weight is 470 g/mol. The van der Waals surface area contributed by atoms with Crippen LogP contribution in [0, 0.1) is 6.92 Å². The van der Waals surface area contributed by atoms with E-state index in [9.17, 15) is 0 Å². The lowest BCUT2D eigenvalue weighted by Gasteiger charge is -2.27. The van der Waals surface area contributed by atoms with Gasteiger partial charge in [0.25, 0.3) is 0 Å². The van der Waals surface area contributed by atoms with Gasteiger partial charge in [-0.15, -0.1) is 10.2 Å². The fourth-order valence-electron chi connectivity index (χ4n) is 4.02. The predicted molar refractivity (Wildman–Crippen MR) is 131 cm³/mol. The number of imidazole rings is 1. The number of fused-ring (bicyclic) bond motifs is 1. The second-order valence-corrected chi connectivity index (χ2v) is 8.01. The van der Waals surface area contributed by atoms with Gasteiger partial charge >= 0.3 is 0 Å². The first kappa shape index (κ1) is 21.0. The van der Waals surface area contributed by atoms with Gasteiger partial charge in [-0.2, -0.15) is 5.10 Å². The van der Waals surface area contributed by atoms with Gasteiger partial charge in [-0.05, 0) is 31.2 Å². The van der Waals surface area contributed by atoms with E-state index in [4.69, 9.17) is 14.7 Å². The molecule has 35 heavy (non-hydrogen) atoms. The van der Waals surface area contributed by atoms with Crippen molar-refractivity contribution in [1.82, 2.24) is 39.7 Å². The normalized spacial score (nSPS) is 13.8. The fraction of sp³-hybridized carbons (Fsp3) is 0.217. The molecule has 0 bridgehead atoms. The summed E-state index contributed by atoms with van der Waals surface area (Å²) in [6, 6.07) is 13.4. The van der Waals surface area contributed by atoms with E-state index in [0.29, 0.717) is 48.0 Å². The molecule has 0 atom stereocenters. The SMILES string of the molecule is Cc1nc(Nc2ccc(N3CCOCC3)nn2)cc(-c2c(Nc3cc[nH]n3)nc3ccccn23)n1. The van der Waals surface area contributed by atoms with Gasteiger partial charge in [-0.25, -0.2) is 15.0 Å². The van der Waals surface area contributed by atoms with E-state index < -0.39 is 0 Å². The van der Waals surface area contributed by atoms with Crippen molar-refractivity contribution >= 4 is 34.7 Å². The highest BCUT2D eigenvalue weighted by atomic mass is 16.5. The maximum absolute atomic E-state index is 5.41. The molecule has 0 unspecified atom stereocenters. The number of rotatable bonds is 6. The maximum atomic E-state index is 5.41. The van der Waals surface area contributed by atoms with Crippen molar-refractivity contribution in [2.45, 2.75) is 6.92 Å². The molecule has 0 saturated carbocycles. The summed E-state index contributed by atoms with van der Waals surface area (Å²) in [7, 11) is 0. The number of pyridine rings is 1. The highest BCUT2D eigenvalue weighted by Crippen LogP contribution is 2.31. The minimum absolute atomic E-state index is 0.596. The van der Waals surface area contributed by atoms with E-state index in [-0.39, 0.29) is 0 Å². The van der Waals surface area contributed by atoms with Crippen LogP contribution in [0.2, 0.25) is 0 Å². The molecule has 1 aliphatic rings. The van der Waals surface area contributed by atoms with Gasteiger partial charge in [0.15, 0.2) is 23.3 Å². The molecule has 0 amide bonds. The zero-order valence-electron chi connectivity index (χ0n) is 19.0. The van der Waals surface area contributed by atoms with E-state index in [0.717, 1.165) is 30.2 Å². The lowest BCUT2D eigenvalue weighted by Crippen LogP contribution is -2.36. The standard InChI is InChI=1S/C23H23N11O/c1-15-25-16(22-23(28-18-7-8-24-30-18)29-20-4-2-3-9-34(20)22)14-19(26-15)27-17-5-6-21(32-31-17)33-10-12-35-13-11-33/h2-9,14H,10-13H2,1H3,(H2,24,28,30)(H,25,26,27,31). The monoisotopic (exact) mass is 469 g/mol. The van der Waals surface area contributed by atoms with Crippen LogP contribution in [0.4, 0.5) is 29.1 Å². The molecule has 6 rings (SSSR count). The first-order valence-corrected chi connectivity index (χ1v) is 11.3. The Bertz CT molecular complexity index is 1440. The van der Waals surface area contributed by atoms with Crippen molar-refractivity contribution in [3.8, 4) is 11.4 Å². The largest absolute Gasteiger partial charge is 0.378 e. The summed E-state index contributed by atoms with van der Waals surface area (Å²) in [5.74, 6) is 3.95. The molecule has 3 N–H and O–H groups in total. The molecule has 12 nitrogen and oxygen atoms in total. The minimum Gasteiger partial charge on any atom is -0.378 e. The fourth-order valence-corrected chi connectivity index (χ4v) is 4.02. The number of hydrogen-bond acceptors (Lipinski definition) is 10. The topological polar surface area (TPSA) is 134 Å². The number of aryl methyl sites for hydroxylation is 1. The van der Waals surface area contributed by atoms with E-state index in [1.54, 1.807) is 6.20 Å². The lowest BCUT2D eigenvalue weighted by molar-refractivity contribution is 0.122. The third-order valence-corrected chi connectivity index (χ3v) is 5.60. The van der Waals surface area contributed by atoms with Gasteiger partial charge in [0, 0.05) is 37.6 Å². The number of H-pyrrole nitrogens is 1. The van der Waals surface area contributed by atoms with Crippen molar-refractivity contribution in [2.24, 2.45) is 0 Å². The number of nitrogens with one attached hydrogen (secondary N) is 3. The number of hydrogen-bond donors (Lipinski definition) is 3. The molecular weight excluding hydrogens is 446 g/mol. The lowest BCUT2D eigenvalue weighted by atomic mass is 10.2. The van der Waals surface area contributed by atoms with Crippen LogP contribution in [0.15, 0.2) is 54.9 Å². The third-order valence-electron chi connectivity index (χ3n) is 5.60. The van der Waals surface area contributed by atoms with Crippen molar-refractivity contribution in [3.63, 3.8) is 0 Å². The van der Waals surface area contributed by atoms with Crippen LogP contribution in [0.3, 0.4) is 0 Å². The Kier molecular flexibility index (Phi) is 5.39. The van der Waals surface area contributed by atoms with Crippen molar-refractivity contribution in [1.29, 1.82) is 0 Å². The second-order valence-electron chi connectivity index (χ2n) is 8.01. The van der Waals surface area contributed by atoms with Crippen LogP contribution in [0.25, 0.3) is 17.0 Å². The summed E-state index contributed by atoms with van der Waals surface area (Å²) < 4.78 is 7.39. The maximum Gasteiger partial charge on any atom is 0.160 e. The third kappa shape index (κ3) is 4.34. The van der Waals surface area contributed by atoms with Gasteiger partial charge < -0.3 is 20.3 Å². The number of anilines is 5. The van der Waals surface area contributed by atoms with Crippen LogP contribution in [0.1, 0.15) is 5.82 Å². The number of aromatic amines is 1. The van der Waals surface area contributed by atoms with Crippen LogP contribution < -0.4 is 15.5 Å². The summed E-state index contributed by atoms with van der Waals surface area (Å²) >= 11 is 0. The first-order chi connectivity index (χ1) is 17.2. The Morgan fingerprint density at radius 3 is 2.63 bits per heavy atom. The molecular formula is C23H23N11O. The van der Waals surface area contributed by atoms with Gasteiger partial charge in [0.05, 0.1) is 18.9 Å².